The second-order valence-electron chi connectivity index (χ2n) is 4.47. The summed E-state index contributed by atoms with van der Waals surface area (Å²) in [6.45, 7) is 2.95. The van der Waals surface area contributed by atoms with Crippen LogP contribution in [0.4, 0.5) is 0 Å². The second-order valence-corrected chi connectivity index (χ2v) is 7.95. The van der Waals surface area contributed by atoms with Crippen LogP contribution in [0.5, 0.6) is 0 Å². The zero-order valence-corrected chi connectivity index (χ0v) is 12.4. The summed E-state index contributed by atoms with van der Waals surface area (Å²) in [5.74, 6) is 0.109. The number of carbonyl (C=O) groups excluding carboxylic acids is 1. The highest BCUT2D eigenvalue weighted by atomic mass is 32.2. The first-order valence-corrected chi connectivity index (χ1v) is 8.51. The quantitative estimate of drug-likeness (QED) is 0.878. The van der Waals surface area contributed by atoms with Gasteiger partial charge >= 0.3 is 0 Å². The van der Waals surface area contributed by atoms with Crippen LogP contribution in [0.25, 0.3) is 0 Å². The van der Waals surface area contributed by atoms with Gasteiger partial charge in [0.15, 0.2) is 5.44 Å². The maximum atomic E-state index is 12.3. The summed E-state index contributed by atoms with van der Waals surface area (Å²) in [4.78, 5) is 11.8. The van der Waals surface area contributed by atoms with Crippen molar-refractivity contribution in [2.45, 2.75) is 29.4 Å². The maximum absolute atomic E-state index is 12.3. The molecule has 19 heavy (non-hydrogen) atoms. The Hall–Kier alpha value is -0.760. The molecule has 0 spiro atoms. The first kappa shape index (κ1) is 14.6. The van der Waals surface area contributed by atoms with Crippen molar-refractivity contribution >= 4 is 27.0 Å². The lowest BCUT2D eigenvalue weighted by Crippen LogP contribution is -2.42. The van der Waals surface area contributed by atoms with E-state index < -0.39 is 15.3 Å². The number of thiophene rings is 1. The minimum absolute atomic E-state index is 0.109. The molecule has 106 valence electrons. The summed E-state index contributed by atoms with van der Waals surface area (Å²) in [5.41, 5.74) is -0.805. The zero-order valence-electron chi connectivity index (χ0n) is 10.7. The van der Waals surface area contributed by atoms with Gasteiger partial charge in [-0.1, -0.05) is 0 Å². The summed E-state index contributed by atoms with van der Waals surface area (Å²) in [6.07, 6.45) is 1.04. The van der Waals surface area contributed by atoms with E-state index in [1.165, 1.54) is 18.3 Å². The second kappa shape index (κ2) is 6.13. The van der Waals surface area contributed by atoms with Crippen LogP contribution in [0.1, 0.15) is 18.2 Å². The Balaban J connectivity index is 2.10. The average molecular weight is 303 g/mol. The molecule has 1 unspecified atom stereocenters. The van der Waals surface area contributed by atoms with E-state index in [2.05, 4.69) is 5.32 Å². The Labute approximate surface area is 116 Å². The van der Waals surface area contributed by atoms with Gasteiger partial charge in [0.2, 0.25) is 9.84 Å². The van der Waals surface area contributed by atoms with Crippen molar-refractivity contribution < 1.29 is 17.9 Å². The largest absolute Gasteiger partial charge is 0.359 e. The van der Waals surface area contributed by atoms with E-state index in [0.717, 1.165) is 4.88 Å². The molecule has 1 aliphatic rings. The molecule has 1 aromatic heterocycles. The Bertz CT molecular complexity index is 544. The van der Waals surface area contributed by atoms with Gasteiger partial charge in [0.05, 0.1) is 6.61 Å². The maximum Gasteiger partial charge on any atom is 0.215 e. The number of ether oxygens (including phenoxy) is 1. The Morgan fingerprint density at radius 2 is 2.32 bits per heavy atom. The summed E-state index contributed by atoms with van der Waals surface area (Å²) < 4.78 is 30.3. The van der Waals surface area contributed by atoms with Gasteiger partial charge in [-0.3, -0.25) is 0 Å². The molecule has 1 N–H and O–H groups in total. The summed E-state index contributed by atoms with van der Waals surface area (Å²) in [6, 6.07) is 3.38. The number of morpholine rings is 1. The molecular weight excluding hydrogens is 286 g/mol. The Kier molecular flexibility index (Phi) is 4.72. The smallest absolute Gasteiger partial charge is 0.215 e. The molecule has 0 saturated carbocycles. The average Bonchev–Trinajstić information content (AvgIpc) is 2.87. The van der Waals surface area contributed by atoms with Crippen LogP contribution >= 0.6 is 11.3 Å². The molecular formula is C12H17NO4S2. The van der Waals surface area contributed by atoms with E-state index in [4.69, 9.17) is 4.74 Å². The number of rotatable bonds is 5. The van der Waals surface area contributed by atoms with E-state index in [1.807, 2.05) is 0 Å². The number of Topliss-reactive ketones (excluding diaryl/α,β-unsaturated/α-hetero) is 1. The molecule has 2 rings (SSSR count). The van der Waals surface area contributed by atoms with Crippen molar-refractivity contribution in [3.63, 3.8) is 0 Å². The highest BCUT2D eigenvalue weighted by molar-refractivity contribution is 7.94. The number of ketones is 1. The van der Waals surface area contributed by atoms with Crippen LogP contribution in [-0.4, -0.2) is 39.3 Å². The van der Waals surface area contributed by atoms with Crippen LogP contribution < -0.4 is 5.32 Å². The lowest BCUT2D eigenvalue weighted by Gasteiger charge is -2.22. The van der Waals surface area contributed by atoms with Crippen LogP contribution in [0.3, 0.4) is 0 Å². The number of hydrogen-bond donors (Lipinski definition) is 1. The molecule has 0 aromatic carbocycles. The van der Waals surface area contributed by atoms with Crippen molar-refractivity contribution in [3.8, 4) is 0 Å². The van der Waals surface area contributed by atoms with E-state index in [9.17, 15) is 13.2 Å². The zero-order chi connectivity index (χ0) is 13.9. The van der Waals surface area contributed by atoms with Crippen molar-refractivity contribution in [2.24, 2.45) is 0 Å². The topological polar surface area (TPSA) is 72.5 Å². The molecule has 1 aliphatic heterocycles. The van der Waals surface area contributed by atoms with Gasteiger partial charge in [-0.25, -0.2) is 8.42 Å². The Morgan fingerprint density at radius 3 is 2.95 bits per heavy atom. The molecule has 1 atom stereocenters. The van der Waals surface area contributed by atoms with Gasteiger partial charge in [-0.2, -0.15) is 0 Å². The number of sulfone groups is 1. The third kappa shape index (κ3) is 3.62. The molecule has 0 aliphatic carbocycles. The molecule has 5 nitrogen and oxygen atoms in total. The number of hydrogen-bond acceptors (Lipinski definition) is 6. The van der Waals surface area contributed by atoms with Crippen molar-refractivity contribution in [1.29, 1.82) is 0 Å². The van der Waals surface area contributed by atoms with E-state index in [-0.39, 0.29) is 5.78 Å². The van der Waals surface area contributed by atoms with Gasteiger partial charge < -0.3 is 14.8 Å². The van der Waals surface area contributed by atoms with E-state index in [0.29, 0.717) is 36.7 Å². The highest BCUT2D eigenvalue weighted by Gasteiger charge is 2.31. The summed E-state index contributed by atoms with van der Waals surface area (Å²) in [7, 11) is -3.43. The molecule has 0 bridgehead atoms. The number of carbonyl (C=O) groups is 1. The standard InChI is InChI=1S/C12H17NO4S2/c1-9(14)2-3-10-4-5-12(18-10)19(15,16)11-8-13-6-7-17-11/h4-5,11,13H,2-3,6-8H2,1H3. The first-order valence-electron chi connectivity index (χ1n) is 6.14. The fourth-order valence-corrected chi connectivity index (χ4v) is 4.79. The van der Waals surface area contributed by atoms with E-state index >= 15 is 0 Å². The first-order chi connectivity index (χ1) is 9.00. The third-order valence-corrected chi connectivity index (χ3v) is 6.46. The molecule has 1 fully saturated rings. The van der Waals surface area contributed by atoms with Gasteiger partial charge in [0.25, 0.3) is 0 Å². The fraction of sp³-hybridized carbons (Fsp3) is 0.583. The third-order valence-electron chi connectivity index (χ3n) is 2.88. The van der Waals surface area contributed by atoms with Crippen molar-refractivity contribution in [1.82, 2.24) is 5.32 Å². The fourth-order valence-electron chi connectivity index (χ4n) is 1.81. The minimum Gasteiger partial charge on any atom is -0.359 e. The molecule has 0 radical (unpaired) electrons. The van der Waals surface area contributed by atoms with Gasteiger partial charge in [0.1, 0.15) is 9.99 Å². The highest BCUT2D eigenvalue weighted by Crippen LogP contribution is 2.27. The molecule has 0 amide bonds. The molecule has 1 aromatic rings. The van der Waals surface area contributed by atoms with Crippen LogP contribution in [0, 0.1) is 0 Å². The van der Waals surface area contributed by atoms with Gasteiger partial charge in [-0.05, 0) is 25.5 Å². The SMILES string of the molecule is CC(=O)CCc1ccc(S(=O)(=O)C2CNCCO2)s1. The molecule has 1 saturated heterocycles. The van der Waals surface area contributed by atoms with Crippen LogP contribution in [-0.2, 0) is 25.8 Å². The van der Waals surface area contributed by atoms with Gasteiger partial charge in [-0.15, -0.1) is 11.3 Å². The lowest BCUT2D eigenvalue weighted by molar-refractivity contribution is -0.116. The van der Waals surface area contributed by atoms with Gasteiger partial charge in [0, 0.05) is 24.4 Å². The van der Waals surface area contributed by atoms with Crippen molar-refractivity contribution in [2.75, 3.05) is 19.7 Å². The van der Waals surface area contributed by atoms with Crippen LogP contribution in [0.15, 0.2) is 16.3 Å². The Morgan fingerprint density at radius 1 is 1.53 bits per heavy atom. The van der Waals surface area contributed by atoms with E-state index in [1.54, 1.807) is 12.1 Å². The van der Waals surface area contributed by atoms with Crippen LogP contribution in [0.2, 0.25) is 0 Å². The predicted molar refractivity (Wildman–Crippen MR) is 73.1 cm³/mol. The summed E-state index contributed by atoms with van der Waals surface area (Å²) in [5, 5.41) is 3.01. The van der Waals surface area contributed by atoms with Crippen molar-refractivity contribution in [3.05, 3.63) is 17.0 Å². The normalized spacial score (nSPS) is 20.4. The number of nitrogens with one attached hydrogen (secondary N) is 1. The number of aryl methyl sites for hydroxylation is 1. The molecule has 7 heteroatoms. The summed E-state index contributed by atoms with van der Waals surface area (Å²) >= 11 is 1.23. The monoisotopic (exact) mass is 303 g/mol. The lowest BCUT2D eigenvalue weighted by atomic mass is 10.2. The minimum atomic E-state index is -3.43. The molecule has 2 heterocycles. The predicted octanol–water partition coefficient (Wildman–Crippen LogP) is 0.989.